The Labute approximate surface area is 131 Å². The molecular formula is C13H14Cl2N4O2. The van der Waals surface area contributed by atoms with Crippen LogP contribution >= 0.6 is 23.2 Å². The second-order valence-corrected chi connectivity index (χ2v) is 5.44. The molecule has 6 nitrogen and oxygen atoms in total. The van der Waals surface area contributed by atoms with E-state index in [4.69, 9.17) is 23.2 Å². The van der Waals surface area contributed by atoms with Gasteiger partial charge in [-0.3, -0.25) is 4.79 Å². The lowest BCUT2D eigenvalue weighted by molar-refractivity contribution is -0.126. The second-order valence-electron chi connectivity index (χ2n) is 4.60. The van der Waals surface area contributed by atoms with E-state index in [1.165, 1.54) is 30.5 Å². The highest BCUT2D eigenvalue weighted by molar-refractivity contribution is 6.35. The predicted octanol–water partition coefficient (Wildman–Crippen LogP) is 1.61. The Balaban J connectivity index is 2.41. The van der Waals surface area contributed by atoms with Gasteiger partial charge in [-0.05, 0) is 12.1 Å². The third-order valence-electron chi connectivity index (χ3n) is 3.05. The number of amides is 1. The summed E-state index contributed by atoms with van der Waals surface area (Å²) in [6.07, 6.45) is 2.65. The molecule has 0 radical (unpaired) electrons. The van der Waals surface area contributed by atoms with Gasteiger partial charge < -0.3 is 10.4 Å². The minimum absolute atomic E-state index is 0.0434. The van der Waals surface area contributed by atoms with E-state index in [-0.39, 0.29) is 23.9 Å². The molecule has 2 rings (SSSR count). The van der Waals surface area contributed by atoms with Crippen molar-refractivity contribution in [1.82, 2.24) is 20.1 Å². The molecule has 0 aliphatic carbocycles. The zero-order valence-corrected chi connectivity index (χ0v) is 12.8. The van der Waals surface area contributed by atoms with Gasteiger partial charge in [0.1, 0.15) is 18.3 Å². The molecule has 0 saturated heterocycles. The fourth-order valence-electron chi connectivity index (χ4n) is 2.04. The molecule has 0 fully saturated rings. The van der Waals surface area contributed by atoms with Crippen LogP contribution in [0.3, 0.4) is 0 Å². The van der Waals surface area contributed by atoms with E-state index < -0.39 is 5.60 Å². The van der Waals surface area contributed by atoms with Gasteiger partial charge in [-0.2, -0.15) is 5.10 Å². The molecule has 2 N–H and O–H groups in total. The molecule has 1 aromatic heterocycles. The monoisotopic (exact) mass is 328 g/mol. The Morgan fingerprint density at radius 1 is 1.48 bits per heavy atom. The number of halogens is 2. The van der Waals surface area contributed by atoms with E-state index in [1.807, 2.05) is 0 Å². The molecule has 8 heteroatoms. The van der Waals surface area contributed by atoms with Crippen LogP contribution in [0.5, 0.6) is 0 Å². The van der Waals surface area contributed by atoms with Crippen molar-refractivity contribution in [2.75, 3.05) is 7.05 Å². The van der Waals surface area contributed by atoms with Crippen LogP contribution in [0.1, 0.15) is 12.0 Å². The topological polar surface area (TPSA) is 80.0 Å². The number of nitrogens with one attached hydrogen (secondary N) is 1. The summed E-state index contributed by atoms with van der Waals surface area (Å²) in [6, 6.07) is 4.73. The van der Waals surface area contributed by atoms with Crippen LogP contribution in [0, 0.1) is 0 Å². The summed E-state index contributed by atoms with van der Waals surface area (Å²) in [5.74, 6) is -0.316. The average Bonchev–Trinajstić information content (AvgIpc) is 2.90. The molecule has 2 aromatic rings. The number of carbonyl (C=O) groups excluding carboxylic acids is 1. The average molecular weight is 329 g/mol. The SMILES string of the molecule is CNC(=O)CC(O)(Cn1cncn1)c1ccc(Cl)cc1Cl. The maximum atomic E-state index is 11.7. The number of hydrogen-bond donors (Lipinski definition) is 2. The van der Waals surface area contributed by atoms with Crippen molar-refractivity contribution in [3.63, 3.8) is 0 Å². The molecule has 1 atom stereocenters. The number of carbonyl (C=O) groups is 1. The van der Waals surface area contributed by atoms with E-state index in [0.29, 0.717) is 10.6 Å². The highest BCUT2D eigenvalue weighted by atomic mass is 35.5. The van der Waals surface area contributed by atoms with Gasteiger partial charge in [0, 0.05) is 22.7 Å². The van der Waals surface area contributed by atoms with Crippen LogP contribution in [-0.4, -0.2) is 32.8 Å². The Morgan fingerprint density at radius 2 is 2.24 bits per heavy atom. The standard InChI is InChI=1S/C13H14Cl2N4O2/c1-16-12(20)5-13(21,6-19-8-17-7-18-19)10-3-2-9(14)4-11(10)15/h2-4,7-8,21H,5-6H2,1H3,(H,16,20). The molecule has 1 heterocycles. The summed E-state index contributed by atoms with van der Waals surface area (Å²) in [4.78, 5) is 15.5. The first-order valence-electron chi connectivity index (χ1n) is 6.15. The zero-order valence-electron chi connectivity index (χ0n) is 11.3. The van der Waals surface area contributed by atoms with Crippen molar-refractivity contribution >= 4 is 29.1 Å². The molecule has 21 heavy (non-hydrogen) atoms. The number of benzene rings is 1. The highest BCUT2D eigenvalue weighted by Gasteiger charge is 2.35. The summed E-state index contributed by atoms with van der Waals surface area (Å²) < 4.78 is 1.44. The summed E-state index contributed by atoms with van der Waals surface area (Å²) in [6.45, 7) is 0.0434. The van der Waals surface area contributed by atoms with Gasteiger partial charge in [0.2, 0.25) is 5.91 Å². The molecule has 0 aliphatic heterocycles. The van der Waals surface area contributed by atoms with Crippen LogP contribution in [0.15, 0.2) is 30.9 Å². The first kappa shape index (κ1) is 15.8. The fourth-order valence-corrected chi connectivity index (χ4v) is 2.62. The van der Waals surface area contributed by atoms with Crippen molar-refractivity contribution < 1.29 is 9.90 Å². The van der Waals surface area contributed by atoms with E-state index >= 15 is 0 Å². The minimum atomic E-state index is -1.52. The maximum Gasteiger partial charge on any atom is 0.223 e. The lowest BCUT2D eigenvalue weighted by Gasteiger charge is -2.28. The van der Waals surface area contributed by atoms with Gasteiger partial charge in [-0.15, -0.1) is 0 Å². The Morgan fingerprint density at radius 3 is 2.81 bits per heavy atom. The maximum absolute atomic E-state index is 11.7. The molecule has 1 unspecified atom stereocenters. The summed E-state index contributed by atoms with van der Waals surface area (Å²) in [5.41, 5.74) is -1.11. The summed E-state index contributed by atoms with van der Waals surface area (Å²) in [7, 11) is 1.50. The van der Waals surface area contributed by atoms with Crippen LogP contribution in [0.4, 0.5) is 0 Å². The highest BCUT2D eigenvalue weighted by Crippen LogP contribution is 2.34. The second kappa shape index (κ2) is 6.43. The van der Waals surface area contributed by atoms with Crippen LogP contribution in [0.25, 0.3) is 0 Å². The van der Waals surface area contributed by atoms with Gasteiger partial charge in [-0.1, -0.05) is 29.3 Å². The van der Waals surface area contributed by atoms with E-state index in [9.17, 15) is 9.90 Å². The first-order chi connectivity index (χ1) is 9.94. The molecule has 1 aromatic carbocycles. The third-order valence-corrected chi connectivity index (χ3v) is 3.60. The number of hydrogen-bond acceptors (Lipinski definition) is 4. The molecule has 0 aliphatic rings. The quantitative estimate of drug-likeness (QED) is 0.873. The molecular weight excluding hydrogens is 315 g/mol. The summed E-state index contributed by atoms with van der Waals surface area (Å²) >= 11 is 12.0. The largest absolute Gasteiger partial charge is 0.383 e. The Kier molecular flexibility index (Phi) is 4.82. The molecule has 1 amide bonds. The van der Waals surface area contributed by atoms with Crippen molar-refractivity contribution in [2.45, 2.75) is 18.6 Å². The van der Waals surface area contributed by atoms with E-state index in [0.717, 1.165) is 0 Å². The zero-order chi connectivity index (χ0) is 15.5. The van der Waals surface area contributed by atoms with E-state index in [2.05, 4.69) is 15.4 Å². The number of nitrogens with zero attached hydrogens (tertiary/aromatic N) is 3. The smallest absolute Gasteiger partial charge is 0.223 e. The molecule has 0 spiro atoms. The molecule has 0 bridgehead atoms. The van der Waals surface area contributed by atoms with Gasteiger partial charge >= 0.3 is 0 Å². The van der Waals surface area contributed by atoms with Crippen LogP contribution < -0.4 is 5.32 Å². The first-order valence-corrected chi connectivity index (χ1v) is 6.91. The predicted molar refractivity (Wildman–Crippen MR) is 79.1 cm³/mol. The van der Waals surface area contributed by atoms with Crippen molar-refractivity contribution in [3.8, 4) is 0 Å². The number of aromatic nitrogens is 3. The fraction of sp³-hybridized carbons (Fsp3) is 0.308. The normalized spacial score (nSPS) is 13.7. The van der Waals surface area contributed by atoms with Crippen LogP contribution in [0.2, 0.25) is 10.0 Å². The van der Waals surface area contributed by atoms with Crippen LogP contribution in [-0.2, 0) is 16.9 Å². The van der Waals surface area contributed by atoms with E-state index in [1.54, 1.807) is 12.1 Å². The summed E-state index contributed by atoms with van der Waals surface area (Å²) in [5, 5.41) is 18.1. The van der Waals surface area contributed by atoms with Gasteiger partial charge in [0.25, 0.3) is 0 Å². The van der Waals surface area contributed by atoms with Crippen molar-refractivity contribution in [2.24, 2.45) is 0 Å². The van der Waals surface area contributed by atoms with Crippen molar-refractivity contribution in [1.29, 1.82) is 0 Å². The Bertz CT molecular complexity index is 633. The van der Waals surface area contributed by atoms with Gasteiger partial charge in [-0.25, -0.2) is 9.67 Å². The molecule has 0 saturated carbocycles. The molecule has 112 valence electrons. The lowest BCUT2D eigenvalue weighted by atomic mass is 9.89. The number of rotatable bonds is 5. The van der Waals surface area contributed by atoms with Gasteiger partial charge in [0.15, 0.2) is 0 Å². The lowest BCUT2D eigenvalue weighted by Crippen LogP contribution is -2.37. The van der Waals surface area contributed by atoms with Crippen molar-refractivity contribution in [3.05, 3.63) is 46.5 Å². The minimum Gasteiger partial charge on any atom is -0.383 e. The number of aliphatic hydroxyl groups is 1. The Hall–Kier alpha value is -1.63. The third kappa shape index (κ3) is 3.72. The van der Waals surface area contributed by atoms with Gasteiger partial charge in [0.05, 0.1) is 13.0 Å².